The number of ether oxygens (including phenoxy) is 1. The minimum atomic E-state index is -1.95. The first-order chi connectivity index (χ1) is 23.4. The van der Waals surface area contributed by atoms with Gasteiger partial charge in [0.05, 0.1) is 10.7 Å². The van der Waals surface area contributed by atoms with Gasteiger partial charge in [-0.15, -0.1) is 0 Å². The van der Waals surface area contributed by atoms with E-state index in [4.69, 9.17) is 38.6 Å². The zero-order valence-corrected chi connectivity index (χ0v) is 29.4. The molecule has 1 aromatic heterocycles. The average Bonchev–Trinajstić information content (AvgIpc) is 3.48. The number of hydrogen-bond donors (Lipinski definition) is 1. The molecule has 1 amide bonds. The molecule has 6 aromatic rings. The summed E-state index contributed by atoms with van der Waals surface area (Å²) in [7, 11) is -1.95. The van der Waals surface area contributed by atoms with Crippen molar-refractivity contribution in [3.05, 3.63) is 154 Å². The van der Waals surface area contributed by atoms with Gasteiger partial charge in [0.1, 0.15) is 27.7 Å². The Morgan fingerprint density at radius 2 is 1.43 bits per heavy atom. The van der Waals surface area contributed by atoms with Gasteiger partial charge in [0.25, 0.3) is 5.91 Å². The van der Waals surface area contributed by atoms with Crippen molar-refractivity contribution in [3.63, 3.8) is 0 Å². The SMILES string of the molecule is C#S(=O)NC(=O)c1ccc(-n2cc(-c3ccc(Cl)cc3Cl)nc2Cc2ccc(-c3ccc(Oc4ccc(C(C)(C)C)cc4)cc3)cc2)cc1. The number of nitrogens with one attached hydrogen (secondary N) is 1. The van der Waals surface area contributed by atoms with E-state index >= 15 is 0 Å². The lowest BCUT2D eigenvalue weighted by Crippen LogP contribution is -2.19. The number of carbonyl (C=O) groups is 1. The van der Waals surface area contributed by atoms with E-state index in [1.54, 1.807) is 36.4 Å². The number of aromatic nitrogens is 2. The smallest absolute Gasteiger partial charge is 0.266 e. The summed E-state index contributed by atoms with van der Waals surface area (Å²) in [6.45, 7) is 6.58. The van der Waals surface area contributed by atoms with Gasteiger partial charge in [-0.1, -0.05) is 98.2 Å². The topological polar surface area (TPSA) is 73.2 Å². The quantitative estimate of drug-likeness (QED) is 0.171. The fourth-order valence-electron chi connectivity index (χ4n) is 5.39. The van der Waals surface area contributed by atoms with Crippen molar-refractivity contribution in [1.82, 2.24) is 14.3 Å². The number of carbonyl (C=O) groups excluding carboxylic acids is 1. The van der Waals surface area contributed by atoms with E-state index in [2.05, 4.69) is 74.0 Å². The van der Waals surface area contributed by atoms with Gasteiger partial charge >= 0.3 is 0 Å². The Balaban J connectivity index is 1.22. The monoisotopic (exact) mass is 705 g/mol. The first-order valence-corrected chi connectivity index (χ1v) is 17.5. The third kappa shape index (κ3) is 8.16. The van der Waals surface area contributed by atoms with Gasteiger partial charge in [-0.05, 0) is 94.4 Å². The summed E-state index contributed by atoms with van der Waals surface area (Å²) >= 11 is 12.7. The Hall–Kier alpha value is -5.04. The van der Waals surface area contributed by atoms with Gasteiger partial charge in [0.2, 0.25) is 0 Å². The number of benzene rings is 5. The molecule has 0 saturated heterocycles. The molecule has 0 bridgehead atoms. The van der Waals surface area contributed by atoms with Crippen LogP contribution in [0.4, 0.5) is 0 Å². The van der Waals surface area contributed by atoms with Crippen LogP contribution in [-0.2, 0) is 22.2 Å². The fourth-order valence-corrected chi connectivity index (χ4v) is 6.20. The minimum absolute atomic E-state index is 0.0913. The fraction of sp³-hybridized carbons (Fsp3) is 0.125. The number of nitrogens with zero attached hydrogens (tertiary/aromatic N) is 2. The molecule has 0 atom stereocenters. The molecule has 0 saturated carbocycles. The van der Waals surface area contributed by atoms with Crippen molar-refractivity contribution in [2.24, 2.45) is 0 Å². The second-order valence-electron chi connectivity index (χ2n) is 12.6. The van der Waals surface area contributed by atoms with Crippen molar-refractivity contribution >= 4 is 39.5 Å². The predicted octanol–water partition coefficient (Wildman–Crippen LogP) is 10.2. The molecule has 6 rings (SSSR count). The number of amides is 1. The zero-order valence-electron chi connectivity index (χ0n) is 27.1. The minimum Gasteiger partial charge on any atom is -0.457 e. The van der Waals surface area contributed by atoms with E-state index in [-0.39, 0.29) is 5.41 Å². The van der Waals surface area contributed by atoms with Crippen LogP contribution >= 0.6 is 23.2 Å². The van der Waals surface area contributed by atoms with E-state index < -0.39 is 16.3 Å². The molecule has 1 N–H and O–H groups in total. The average molecular weight is 707 g/mol. The Labute approximate surface area is 298 Å². The lowest BCUT2D eigenvalue weighted by atomic mass is 9.87. The van der Waals surface area contributed by atoms with Crippen LogP contribution in [0.25, 0.3) is 28.1 Å². The summed E-state index contributed by atoms with van der Waals surface area (Å²) in [6.07, 6.45) is 2.44. The molecule has 49 heavy (non-hydrogen) atoms. The van der Waals surface area contributed by atoms with E-state index in [9.17, 15) is 9.00 Å². The van der Waals surface area contributed by atoms with E-state index in [0.717, 1.165) is 45.3 Å². The van der Waals surface area contributed by atoms with E-state index in [1.165, 1.54) is 5.56 Å². The highest BCUT2D eigenvalue weighted by Gasteiger charge is 2.16. The maximum Gasteiger partial charge on any atom is 0.266 e. The Morgan fingerprint density at radius 1 is 0.837 bits per heavy atom. The van der Waals surface area contributed by atoms with Crippen LogP contribution in [0, 0.1) is 5.69 Å². The molecule has 0 aliphatic rings. The summed E-state index contributed by atoms with van der Waals surface area (Å²) < 4.78 is 21.5. The van der Waals surface area contributed by atoms with Gasteiger partial charge in [-0.2, -0.15) is 4.21 Å². The van der Waals surface area contributed by atoms with Crippen LogP contribution in [0.3, 0.4) is 0 Å². The third-order valence-corrected chi connectivity index (χ3v) is 8.98. The molecule has 0 aliphatic carbocycles. The Morgan fingerprint density at radius 3 is 2.00 bits per heavy atom. The van der Waals surface area contributed by atoms with Crippen LogP contribution in [0.15, 0.2) is 121 Å². The van der Waals surface area contributed by atoms with Crippen molar-refractivity contribution in [1.29, 1.82) is 0 Å². The number of rotatable bonds is 8. The predicted molar refractivity (Wildman–Crippen MR) is 199 cm³/mol. The summed E-state index contributed by atoms with van der Waals surface area (Å²) in [6, 6.07) is 36.8. The van der Waals surface area contributed by atoms with Crippen LogP contribution in [-0.4, -0.2) is 19.7 Å². The first-order valence-electron chi connectivity index (χ1n) is 15.5. The summed E-state index contributed by atoms with van der Waals surface area (Å²) in [5.74, 6) is 1.82. The van der Waals surface area contributed by atoms with Crippen molar-refractivity contribution in [2.75, 3.05) is 0 Å². The molecule has 0 spiro atoms. The molecule has 5 aromatic carbocycles. The number of imidazole rings is 1. The molecule has 0 aliphatic heterocycles. The van der Waals surface area contributed by atoms with Gasteiger partial charge < -0.3 is 9.30 Å². The van der Waals surface area contributed by atoms with Crippen LogP contribution in [0.2, 0.25) is 10.0 Å². The van der Waals surface area contributed by atoms with Crippen LogP contribution in [0.1, 0.15) is 48.1 Å². The largest absolute Gasteiger partial charge is 0.457 e. The molecule has 6 nitrogen and oxygen atoms in total. The van der Waals surface area contributed by atoms with Gasteiger partial charge in [-0.3, -0.25) is 4.79 Å². The van der Waals surface area contributed by atoms with Crippen molar-refractivity contribution in [3.8, 4) is 45.3 Å². The maximum atomic E-state index is 12.3. The lowest BCUT2D eigenvalue weighted by molar-refractivity contribution is 0.0983. The van der Waals surface area contributed by atoms with Gasteiger partial charge in [-0.25, -0.2) is 9.71 Å². The van der Waals surface area contributed by atoms with Crippen LogP contribution < -0.4 is 9.46 Å². The highest BCUT2D eigenvalue weighted by atomic mass is 35.5. The van der Waals surface area contributed by atoms with E-state index in [0.29, 0.717) is 27.7 Å². The molecule has 0 radical (unpaired) electrons. The Kier molecular flexibility index (Phi) is 9.81. The summed E-state index contributed by atoms with van der Waals surface area (Å²) in [5.41, 5.74) is 12.3. The second-order valence-corrected chi connectivity index (χ2v) is 14.2. The molecule has 0 unspecified atom stereocenters. The summed E-state index contributed by atoms with van der Waals surface area (Å²) in [4.78, 5) is 17.3. The molecular formula is C40H33Cl2N3O3S. The molecule has 1 heterocycles. The standard InChI is InChI=1S/C40H33Cl2N3O3S/c1-40(2,3)30-13-20-34(21-14-30)48-33-18-11-28(12-19-33)27-7-5-26(6-8-27)23-38-43-37(35-22-15-31(41)24-36(35)42)25-45(38)32-16-9-29(10-17-32)39(46)44-49(4)47/h4-22,24-25H,23H2,1-3H3,(H,44,46,47). The van der Waals surface area contributed by atoms with Gasteiger partial charge in [0.15, 0.2) is 0 Å². The van der Waals surface area contributed by atoms with Crippen molar-refractivity contribution < 1.29 is 13.7 Å². The third-order valence-electron chi connectivity index (χ3n) is 8.05. The van der Waals surface area contributed by atoms with Gasteiger partial charge in [0, 0.05) is 34.5 Å². The number of halogens is 2. The Bertz CT molecular complexity index is 2250. The second kappa shape index (κ2) is 14.2. The maximum absolute atomic E-state index is 12.3. The first kappa shape index (κ1) is 33.8. The van der Waals surface area contributed by atoms with E-state index in [1.807, 2.05) is 41.1 Å². The summed E-state index contributed by atoms with van der Waals surface area (Å²) in [5, 5.41) is 1.03. The molecule has 9 heteroatoms. The van der Waals surface area contributed by atoms with Crippen molar-refractivity contribution in [2.45, 2.75) is 32.6 Å². The normalized spacial score (nSPS) is 11.3. The molecular weight excluding hydrogens is 673 g/mol. The zero-order chi connectivity index (χ0) is 34.7. The van der Waals surface area contributed by atoms with Crippen LogP contribution in [0.5, 0.6) is 11.5 Å². The molecule has 246 valence electrons. The lowest BCUT2D eigenvalue weighted by Gasteiger charge is -2.19. The highest BCUT2D eigenvalue weighted by Crippen LogP contribution is 2.32. The molecule has 0 fully saturated rings. The highest BCUT2D eigenvalue weighted by molar-refractivity contribution is 7.72. The number of hydrogen-bond acceptors (Lipinski definition) is 4.